The lowest BCUT2D eigenvalue weighted by Crippen LogP contribution is -2.27. The minimum Gasteiger partial charge on any atom is -0.476 e. The van der Waals surface area contributed by atoms with Crippen LogP contribution < -0.4 is 5.32 Å². The number of aromatic carboxylic acids is 1. The Morgan fingerprint density at radius 3 is 2.86 bits per heavy atom. The fourth-order valence-electron chi connectivity index (χ4n) is 1.67. The molecule has 2 rings (SSSR count). The molecule has 6 nitrogen and oxygen atoms in total. The van der Waals surface area contributed by atoms with Crippen molar-refractivity contribution in [1.82, 2.24) is 14.9 Å². The van der Waals surface area contributed by atoms with E-state index in [0.717, 1.165) is 6.07 Å². The Bertz CT molecular complexity index is 687. The summed E-state index contributed by atoms with van der Waals surface area (Å²) in [6.45, 7) is 0.556. The van der Waals surface area contributed by atoms with E-state index >= 15 is 0 Å². The quantitative estimate of drug-likeness (QED) is 0.882. The van der Waals surface area contributed by atoms with Crippen molar-refractivity contribution in [2.45, 2.75) is 6.54 Å². The summed E-state index contributed by atoms with van der Waals surface area (Å²) in [5, 5.41) is 11.1. The fourth-order valence-corrected chi connectivity index (χ4v) is 1.88. The van der Waals surface area contributed by atoms with Crippen LogP contribution in [0.2, 0.25) is 5.02 Å². The predicted molar refractivity (Wildman–Crippen MR) is 72.9 cm³/mol. The van der Waals surface area contributed by atoms with Gasteiger partial charge in [0.2, 0.25) is 0 Å². The molecule has 0 aliphatic heterocycles. The monoisotopic (exact) mass is 311 g/mol. The van der Waals surface area contributed by atoms with Crippen LogP contribution in [-0.2, 0) is 6.54 Å². The van der Waals surface area contributed by atoms with Crippen molar-refractivity contribution in [3.63, 3.8) is 0 Å². The molecule has 21 heavy (non-hydrogen) atoms. The first-order valence-electron chi connectivity index (χ1n) is 5.96. The maximum absolute atomic E-state index is 13.2. The lowest BCUT2D eigenvalue weighted by molar-refractivity contribution is 0.0690. The first-order chi connectivity index (χ1) is 9.99. The van der Waals surface area contributed by atoms with Crippen molar-refractivity contribution < 1.29 is 19.1 Å². The maximum atomic E-state index is 13.2. The van der Waals surface area contributed by atoms with Gasteiger partial charge in [0, 0.05) is 19.3 Å². The molecule has 0 saturated carbocycles. The van der Waals surface area contributed by atoms with Crippen LogP contribution >= 0.6 is 11.6 Å². The smallest absolute Gasteiger partial charge is 0.356 e. The minimum atomic E-state index is -1.12. The van der Waals surface area contributed by atoms with Crippen molar-refractivity contribution in [2.24, 2.45) is 0 Å². The number of carboxylic acid groups (broad SMARTS) is 1. The summed E-state index contributed by atoms with van der Waals surface area (Å²) >= 11 is 5.71. The zero-order valence-corrected chi connectivity index (χ0v) is 11.5. The van der Waals surface area contributed by atoms with E-state index in [-0.39, 0.29) is 22.8 Å². The molecular formula is C13H11ClFN3O3. The Balaban J connectivity index is 1.92. The maximum Gasteiger partial charge on any atom is 0.356 e. The van der Waals surface area contributed by atoms with Crippen LogP contribution in [0.25, 0.3) is 0 Å². The summed E-state index contributed by atoms with van der Waals surface area (Å²) < 4.78 is 14.7. The Hall–Kier alpha value is -2.41. The molecule has 1 heterocycles. The normalized spacial score (nSPS) is 10.4. The number of hydrogen-bond acceptors (Lipinski definition) is 3. The van der Waals surface area contributed by atoms with Crippen molar-refractivity contribution in [1.29, 1.82) is 0 Å². The molecule has 110 valence electrons. The van der Waals surface area contributed by atoms with Crippen LogP contribution in [0.15, 0.2) is 30.7 Å². The van der Waals surface area contributed by atoms with Crippen molar-refractivity contribution in [3.05, 3.63) is 52.8 Å². The molecule has 0 aliphatic rings. The first kappa shape index (κ1) is 15.0. The summed E-state index contributed by atoms with van der Waals surface area (Å²) in [4.78, 5) is 26.2. The highest BCUT2D eigenvalue weighted by Gasteiger charge is 2.13. The number of nitrogens with zero attached hydrogens (tertiary/aromatic N) is 2. The van der Waals surface area contributed by atoms with Gasteiger partial charge in [-0.1, -0.05) is 17.7 Å². The zero-order valence-electron chi connectivity index (χ0n) is 10.7. The largest absolute Gasteiger partial charge is 0.476 e. The van der Waals surface area contributed by atoms with Crippen LogP contribution in [0.4, 0.5) is 4.39 Å². The predicted octanol–water partition coefficient (Wildman–Crippen LogP) is 1.80. The van der Waals surface area contributed by atoms with Crippen LogP contribution in [0, 0.1) is 5.82 Å². The van der Waals surface area contributed by atoms with Crippen LogP contribution in [0.3, 0.4) is 0 Å². The van der Waals surface area contributed by atoms with Crippen molar-refractivity contribution >= 4 is 23.5 Å². The summed E-state index contributed by atoms with van der Waals surface area (Å²) in [6.07, 6.45) is 2.70. The molecule has 0 saturated heterocycles. The highest BCUT2D eigenvalue weighted by atomic mass is 35.5. The molecule has 0 aliphatic carbocycles. The highest BCUT2D eigenvalue weighted by molar-refractivity contribution is 6.34. The molecular weight excluding hydrogens is 301 g/mol. The number of rotatable bonds is 5. The summed E-state index contributed by atoms with van der Waals surface area (Å²) in [6, 6.07) is 3.98. The number of halogens is 2. The lowest BCUT2D eigenvalue weighted by atomic mass is 10.2. The van der Waals surface area contributed by atoms with E-state index in [1.54, 1.807) is 0 Å². The van der Waals surface area contributed by atoms with Gasteiger partial charge in [-0.3, -0.25) is 4.79 Å². The second-order valence-electron chi connectivity index (χ2n) is 4.16. The second-order valence-corrected chi connectivity index (χ2v) is 4.54. The van der Waals surface area contributed by atoms with Gasteiger partial charge in [0.25, 0.3) is 5.91 Å². The van der Waals surface area contributed by atoms with Gasteiger partial charge in [0.1, 0.15) is 5.82 Å². The first-order valence-corrected chi connectivity index (χ1v) is 6.34. The number of imidazole rings is 1. The van der Waals surface area contributed by atoms with E-state index in [1.165, 1.54) is 29.2 Å². The van der Waals surface area contributed by atoms with Gasteiger partial charge in [0.15, 0.2) is 5.69 Å². The Labute approximate surface area is 124 Å². The standard InChI is InChI=1S/C13H11ClFN3O3/c14-11-8(2-1-3-9(11)15)12(19)16-4-5-18-6-10(13(20)21)17-7-18/h1-3,6-7H,4-5H2,(H,16,19)(H,20,21). The van der Waals surface area contributed by atoms with Gasteiger partial charge in [-0.2, -0.15) is 0 Å². The number of carbonyl (C=O) groups is 2. The van der Waals surface area contributed by atoms with Gasteiger partial charge in [-0.05, 0) is 12.1 Å². The summed E-state index contributed by atoms with van der Waals surface area (Å²) in [5.41, 5.74) is -0.0250. The average Bonchev–Trinajstić information content (AvgIpc) is 2.91. The third-order valence-electron chi connectivity index (χ3n) is 2.70. The topological polar surface area (TPSA) is 84.2 Å². The minimum absolute atomic E-state index is 0.0496. The van der Waals surface area contributed by atoms with Crippen molar-refractivity contribution in [2.75, 3.05) is 6.54 Å². The Morgan fingerprint density at radius 1 is 1.43 bits per heavy atom. The van der Waals surface area contributed by atoms with Crippen molar-refractivity contribution in [3.8, 4) is 0 Å². The van der Waals surface area contributed by atoms with E-state index in [0.29, 0.717) is 6.54 Å². The molecule has 1 amide bonds. The van der Waals surface area contributed by atoms with E-state index in [4.69, 9.17) is 16.7 Å². The van der Waals surface area contributed by atoms with Crippen LogP contribution in [0.5, 0.6) is 0 Å². The molecule has 0 fully saturated rings. The fraction of sp³-hybridized carbons (Fsp3) is 0.154. The third kappa shape index (κ3) is 3.57. The Kier molecular flexibility index (Phi) is 4.54. The average molecular weight is 312 g/mol. The molecule has 0 atom stereocenters. The second kappa shape index (κ2) is 6.36. The molecule has 2 N–H and O–H groups in total. The molecule has 1 aromatic carbocycles. The van der Waals surface area contributed by atoms with Gasteiger partial charge < -0.3 is 15.0 Å². The van der Waals surface area contributed by atoms with Gasteiger partial charge in [0.05, 0.1) is 16.9 Å². The SMILES string of the molecule is O=C(O)c1cn(CCNC(=O)c2cccc(F)c2Cl)cn1. The molecule has 0 radical (unpaired) electrons. The number of carboxylic acids is 1. The molecule has 0 bridgehead atoms. The van der Waals surface area contributed by atoms with Crippen LogP contribution in [0.1, 0.15) is 20.8 Å². The number of aromatic nitrogens is 2. The number of benzene rings is 1. The van der Waals surface area contributed by atoms with E-state index in [2.05, 4.69) is 10.3 Å². The van der Waals surface area contributed by atoms with Gasteiger partial charge >= 0.3 is 5.97 Å². The summed E-state index contributed by atoms with van der Waals surface area (Å²) in [5.74, 6) is -2.28. The molecule has 0 unspecified atom stereocenters. The van der Waals surface area contributed by atoms with Gasteiger partial charge in [-0.15, -0.1) is 0 Å². The van der Waals surface area contributed by atoms with E-state index in [1.807, 2.05) is 0 Å². The molecule has 1 aromatic heterocycles. The molecule has 8 heteroatoms. The number of hydrogen-bond donors (Lipinski definition) is 2. The van der Waals surface area contributed by atoms with E-state index < -0.39 is 17.7 Å². The highest BCUT2D eigenvalue weighted by Crippen LogP contribution is 2.19. The Morgan fingerprint density at radius 2 is 2.19 bits per heavy atom. The zero-order chi connectivity index (χ0) is 15.4. The van der Waals surface area contributed by atoms with E-state index in [9.17, 15) is 14.0 Å². The number of amides is 1. The number of nitrogens with one attached hydrogen (secondary N) is 1. The summed E-state index contributed by atoms with van der Waals surface area (Å²) in [7, 11) is 0. The lowest BCUT2D eigenvalue weighted by Gasteiger charge is -2.07. The number of carbonyl (C=O) groups excluding carboxylic acids is 1. The third-order valence-corrected chi connectivity index (χ3v) is 3.09. The molecule has 2 aromatic rings. The van der Waals surface area contributed by atoms with Gasteiger partial charge in [-0.25, -0.2) is 14.2 Å². The van der Waals surface area contributed by atoms with Crippen LogP contribution in [-0.4, -0.2) is 33.1 Å². The molecule has 0 spiro atoms.